The Balaban J connectivity index is 1.95. The summed E-state index contributed by atoms with van der Waals surface area (Å²) in [5.74, 6) is 0.901. The Labute approximate surface area is 116 Å². The van der Waals surface area contributed by atoms with E-state index in [0.717, 1.165) is 32.0 Å². The van der Waals surface area contributed by atoms with E-state index in [1.165, 1.54) is 3.57 Å². The monoisotopic (exact) mass is 352 g/mol. The maximum absolute atomic E-state index is 5.54. The Kier molecular flexibility index (Phi) is 8.33. The van der Waals surface area contributed by atoms with E-state index in [4.69, 9.17) is 9.47 Å². The second kappa shape index (κ2) is 9.64. The van der Waals surface area contributed by atoms with E-state index >= 15 is 0 Å². The molecule has 0 unspecified atom stereocenters. The Morgan fingerprint density at radius 1 is 1.06 bits per heavy atom. The van der Waals surface area contributed by atoms with Gasteiger partial charge in [0.05, 0.1) is 19.8 Å². The van der Waals surface area contributed by atoms with Crippen molar-refractivity contribution in [3.63, 3.8) is 0 Å². The number of hydrogen-bond acceptors (Lipinski definition) is 2. The highest BCUT2D eigenvalue weighted by Gasteiger charge is 1.95. The minimum Gasteiger partial charge on any atom is -0.491 e. The van der Waals surface area contributed by atoms with E-state index in [9.17, 15) is 0 Å². The molecule has 17 heavy (non-hydrogen) atoms. The lowest BCUT2D eigenvalue weighted by Crippen LogP contribution is -2.88. The molecule has 0 aliphatic rings. The third kappa shape index (κ3) is 7.54. The average molecular weight is 352 g/mol. The maximum Gasteiger partial charge on any atom is 0.125 e. The molecule has 1 rings (SSSR count). The van der Waals surface area contributed by atoms with E-state index in [2.05, 4.69) is 33.6 Å². The molecule has 0 aliphatic heterocycles. The smallest absolute Gasteiger partial charge is 0.125 e. The van der Waals surface area contributed by atoms with Gasteiger partial charge in [-0.25, -0.2) is 0 Å². The van der Waals surface area contributed by atoms with Crippen LogP contribution in [0.3, 0.4) is 0 Å². The molecule has 0 spiro atoms. The maximum atomic E-state index is 5.54. The molecule has 0 aliphatic carbocycles. The summed E-state index contributed by atoms with van der Waals surface area (Å²) < 4.78 is 12.2. The third-order valence-electron chi connectivity index (χ3n) is 2.18. The third-order valence-corrected chi connectivity index (χ3v) is 2.90. The molecule has 5 heteroatoms. The number of ether oxygens (including phenoxy) is 2. The number of benzene rings is 1. The molecule has 0 heterocycles. The number of hydrogen-bond donors (Lipinski definition) is 2. The van der Waals surface area contributed by atoms with Crippen molar-refractivity contribution >= 4 is 22.6 Å². The SMILES string of the molecule is [NH3+]CC[NH2+]CCOCCOc1ccc(I)cc1. The summed E-state index contributed by atoms with van der Waals surface area (Å²) in [4.78, 5) is 0. The van der Waals surface area contributed by atoms with Crippen molar-refractivity contribution in [3.8, 4) is 5.75 Å². The molecule has 1 aromatic rings. The van der Waals surface area contributed by atoms with Crippen molar-refractivity contribution in [1.29, 1.82) is 0 Å². The van der Waals surface area contributed by atoms with Crippen LogP contribution < -0.4 is 15.8 Å². The van der Waals surface area contributed by atoms with Crippen LogP contribution >= 0.6 is 22.6 Å². The molecule has 1 aromatic carbocycles. The van der Waals surface area contributed by atoms with Crippen molar-refractivity contribution in [1.82, 2.24) is 0 Å². The van der Waals surface area contributed by atoms with Crippen molar-refractivity contribution < 1.29 is 20.5 Å². The zero-order valence-corrected chi connectivity index (χ0v) is 12.2. The van der Waals surface area contributed by atoms with Gasteiger partial charge in [0.25, 0.3) is 0 Å². The molecule has 0 saturated heterocycles. The summed E-state index contributed by atoms with van der Waals surface area (Å²) in [6, 6.07) is 8.02. The summed E-state index contributed by atoms with van der Waals surface area (Å²) in [5, 5.41) is 2.22. The predicted molar refractivity (Wildman–Crippen MR) is 74.9 cm³/mol. The van der Waals surface area contributed by atoms with Crippen LogP contribution in [-0.4, -0.2) is 39.5 Å². The van der Waals surface area contributed by atoms with Gasteiger partial charge in [0.1, 0.15) is 25.4 Å². The van der Waals surface area contributed by atoms with E-state index in [1.807, 2.05) is 24.3 Å². The summed E-state index contributed by atoms with van der Waals surface area (Å²) in [6.07, 6.45) is 0. The molecule has 0 fully saturated rings. The Morgan fingerprint density at radius 3 is 2.53 bits per heavy atom. The normalized spacial score (nSPS) is 10.5. The van der Waals surface area contributed by atoms with Crippen LogP contribution in [0.1, 0.15) is 0 Å². The molecule has 5 N–H and O–H groups in total. The van der Waals surface area contributed by atoms with Crippen LogP contribution in [0.4, 0.5) is 0 Å². The number of halogens is 1. The van der Waals surface area contributed by atoms with Crippen molar-refractivity contribution in [3.05, 3.63) is 27.8 Å². The quantitative estimate of drug-likeness (QED) is 0.465. The molecule has 4 nitrogen and oxygen atoms in total. The topological polar surface area (TPSA) is 62.7 Å². The minimum atomic E-state index is 0.607. The van der Waals surface area contributed by atoms with Crippen LogP contribution in [0.5, 0.6) is 5.75 Å². The molecular formula is C12H21IN2O2+2. The predicted octanol–water partition coefficient (Wildman–Crippen LogP) is -0.508. The highest BCUT2D eigenvalue weighted by Crippen LogP contribution is 2.12. The molecule has 0 aromatic heterocycles. The first-order valence-electron chi connectivity index (χ1n) is 5.90. The van der Waals surface area contributed by atoms with E-state index in [-0.39, 0.29) is 0 Å². The van der Waals surface area contributed by atoms with E-state index < -0.39 is 0 Å². The molecule has 0 atom stereocenters. The van der Waals surface area contributed by atoms with Crippen molar-refractivity contribution in [2.75, 3.05) is 39.5 Å². The number of nitrogens with two attached hydrogens (primary N) is 1. The van der Waals surface area contributed by atoms with Gasteiger partial charge in [-0.3, -0.25) is 0 Å². The van der Waals surface area contributed by atoms with Crippen molar-refractivity contribution in [2.24, 2.45) is 0 Å². The summed E-state index contributed by atoms with van der Waals surface area (Å²) in [6.45, 7) is 5.06. The van der Waals surface area contributed by atoms with E-state index in [1.54, 1.807) is 0 Å². The Hall–Kier alpha value is -0.370. The standard InChI is InChI=1S/C12H19IN2O2/c13-11-1-3-12(4-2-11)17-10-9-16-8-7-15-6-5-14/h1-4,15H,5-10,14H2/p+2. The van der Waals surface area contributed by atoms with Gasteiger partial charge in [-0.1, -0.05) is 0 Å². The Morgan fingerprint density at radius 2 is 1.82 bits per heavy atom. The van der Waals surface area contributed by atoms with Crippen LogP contribution in [0, 0.1) is 3.57 Å². The number of quaternary nitrogens is 2. The minimum absolute atomic E-state index is 0.607. The molecule has 96 valence electrons. The second-order valence-electron chi connectivity index (χ2n) is 3.63. The summed E-state index contributed by atoms with van der Waals surface area (Å²) in [5.41, 5.74) is 3.78. The zero-order chi connectivity index (χ0) is 12.3. The van der Waals surface area contributed by atoms with Gasteiger partial charge in [0.2, 0.25) is 0 Å². The van der Waals surface area contributed by atoms with Gasteiger partial charge in [0, 0.05) is 3.57 Å². The lowest BCUT2D eigenvalue weighted by Gasteiger charge is -2.06. The van der Waals surface area contributed by atoms with E-state index in [0.29, 0.717) is 13.2 Å². The van der Waals surface area contributed by atoms with Gasteiger partial charge >= 0.3 is 0 Å². The number of rotatable bonds is 9. The van der Waals surface area contributed by atoms with Gasteiger partial charge in [-0.15, -0.1) is 0 Å². The van der Waals surface area contributed by atoms with Crippen LogP contribution in [-0.2, 0) is 4.74 Å². The lowest BCUT2D eigenvalue weighted by atomic mass is 10.3. The molecule has 0 saturated carbocycles. The molecule has 0 radical (unpaired) electrons. The fraction of sp³-hybridized carbons (Fsp3) is 0.500. The largest absolute Gasteiger partial charge is 0.491 e. The van der Waals surface area contributed by atoms with Gasteiger partial charge in [-0.05, 0) is 46.9 Å². The zero-order valence-electron chi connectivity index (χ0n) is 10.0. The molecule has 0 amide bonds. The van der Waals surface area contributed by atoms with Crippen molar-refractivity contribution in [2.45, 2.75) is 0 Å². The first kappa shape index (κ1) is 14.7. The summed E-state index contributed by atoms with van der Waals surface area (Å²) in [7, 11) is 0. The van der Waals surface area contributed by atoms with Crippen LogP contribution in [0.2, 0.25) is 0 Å². The Bertz CT molecular complexity index is 293. The van der Waals surface area contributed by atoms with Gasteiger partial charge in [-0.2, -0.15) is 0 Å². The highest BCUT2D eigenvalue weighted by molar-refractivity contribution is 14.1. The lowest BCUT2D eigenvalue weighted by molar-refractivity contribution is -0.671. The molecule has 0 bridgehead atoms. The van der Waals surface area contributed by atoms with Gasteiger partial charge in [0.15, 0.2) is 0 Å². The first-order chi connectivity index (χ1) is 8.33. The average Bonchev–Trinajstić information content (AvgIpc) is 2.35. The fourth-order valence-electron chi connectivity index (χ4n) is 1.31. The van der Waals surface area contributed by atoms with Gasteiger partial charge < -0.3 is 20.5 Å². The summed E-state index contributed by atoms with van der Waals surface area (Å²) >= 11 is 2.28. The highest BCUT2D eigenvalue weighted by atomic mass is 127. The first-order valence-corrected chi connectivity index (χ1v) is 6.98. The van der Waals surface area contributed by atoms with Crippen LogP contribution in [0.15, 0.2) is 24.3 Å². The molecular weight excluding hydrogens is 331 g/mol. The van der Waals surface area contributed by atoms with Crippen LogP contribution in [0.25, 0.3) is 0 Å². The fourth-order valence-corrected chi connectivity index (χ4v) is 1.67. The second-order valence-corrected chi connectivity index (χ2v) is 4.88.